The van der Waals surface area contributed by atoms with Crippen LogP contribution in [0.1, 0.15) is 13.8 Å². The zero-order valence-corrected chi connectivity index (χ0v) is 9.65. The van der Waals surface area contributed by atoms with E-state index in [1.165, 1.54) is 0 Å². The molecule has 1 heterocycles. The highest BCUT2D eigenvalue weighted by Gasteiger charge is 2.21. The summed E-state index contributed by atoms with van der Waals surface area (Å²) in [5.74, 6) is 0.123. The van der Waals surface area contributed by atoms with Crippen molar-refractivity contribution in [3.8, 4) is 0 Å². The first-order valence-electron chi connectivity index (χ1n) is 5.54. The summed E-state index contributed by atoms with van der Waals surface area (Å²) in [7, 11) is 0. The second-order valence-corrected chi connectivity index (χ2v) is 3.95. The number of rotatable bonds is 3. The van der Waals surface area contributed by atoms with Crippen LogP contribution in [0.5, 0.6) is 0 Å². The molecule has 86 valence electrons. The summed E-state index contributed by atoms with van der Waals surface area (Å²) in [4.78, 5) is 15.8. The summed E-state index contributed by atoms with van der Waals surface area (Å²) in [6.45, 7) is 8.17. The molecule has 1 aliphatic rings. The molecule has 1 atom stereocenters. The molecule has 15 heavy (non-hydrogen) atoms. The molecule has 1 fully saturated rings. The van der Waals surface area contributed by atoms with E-state index in [0.717, 1.165) is 26.2 Å². The van der Waals surface area contributed by atoms with Crippen LogP contribution in [0, 0.1) is 0 Å². The quantitative estimate of drug-likeness (QED) is 0.671. The second-order valence-electron chi connectivity index (χ2n) is 3.95. The van der Waals surface area contributed by atoms with Gasteiger partial charge in [0.2, 0.25) is 5.91 Å². The fourth-order valence-electron chi connectivity index (χ4n) is 1.78. The second kappa shape index (κ2) is 5.88. The third kappa shape index (κ3) is 3.32. The monoisotopic (exact) mass is 211 g/mol. The minimum Gasteiger partial charge on any atom is -0.337 e. The topological polar surface area (TPSA) is 49.6 Å². The largest absolute Gasteiger partial charge is 0.337 e. The molecule has 0 saturated carbocycles. The molecule has 1 amide bonds. The van der Waals surface area contributed by atoms with E-state index in [1.54, 1.807) is 12.2 Å². The van der Waals surface area contributed by atoms with Gasteiger partial charge in [0.05, 0.1) is 0 Å². The van der Waals surface area contributed by atoms with Gasteiger partial charge >= 0.3 is 0 Å². The van der Waals surface area contributed by atoms with Crippen molar-refractivity contribution in [1.82, 2.24) is 9.80 Å². The van der Waals surface area contributed by atoms with Crippen molar-refractivity contribution in [3.05, 3.63) is 12.2 Å². The van der Waals surface area contributed by atoms with E-state index < -0.39 is 0 Å². The third-order valence-corrected chi connectivity index (χ3v) is 2.90. The number of nitrogens with two attached hydrogens (primary N) is 1. The van der Waals surface area contributed by atoms with Crippen LogP contribution < -0.4 is 5.73 Å². The van der Waals surface area contributed by atoms with Crippen LogP contribution in [0.2, 0.25) is 0 Å². The summed E-state index contributed by atoms with van der Waals surface area (Å²) < 4.78 is 0. The van der Waals surface area contributed by atoms with Crippen molar-refractivity contribution in [2.24, 2.45) is 5.73 Å². The van der Waals surface area contributed by atoms with Crippen LogP contribution in [0.25, 0.3) is 0 Å². The van der Waals surface area contributed by atoms with E-state index in [0.29, 0.717) is 12.6 Å². The number of hydrogen-bond acceptors (Lipinski definition) is 3. The molecule has 0 aromatic rings. The smallest absolute Gasteiger partial charge is 0.246 e. The number of allylic oxidation sites excluding steroid dienone is 1. The number of amides is 1. The predicted octanol–water partition coefficient (Wildman–Crippen LogP) is 0.0539. The van der Waals surface area contributed by atoms with Crippen LogP contribution in [-0.4, -0.2) is 54.5 Å². The van der Waals surface area contributed by atoms with Crippen molar-refractivity contribution in [3.63, 3.8) is 0 Å². The van der Waals surface area contributed by atoms with E-state index in [1.807, 2.05) is 11.8 Å². The Morgan fingerprint density at radius 3 is 2.47 bits per heavy atom. The Morgan fingerprint density at radius 1 is 1.40 bits per heavy atom. The highest BCUT2D eigenvalue weighted by atomic mass is 16.2. The van der Waals surface area contributed by atoms with Crippen LogP contribution in [-0.2, 0) is 4.79 Å². The predicted molar refractivity (Wildman–Crippen MR) is 61.5 cm³/mol. The zero-order chi connectivity index (χ0) is 11.3. The molecule has 0 aliphatic carbocycles. The highest BCUT2D eigenvalue weighted by Crippen LogP contribution is 2.06. The SMILES string of the molecule is C/C=C/C(=O)N1CCN(C(C)CN)CC1. The number of piperazine rings is 1. The van der Waals surface area contributed by atoms with Crippen molar-refractivity contribution < 1.29 is 4.79 Å². The maximum atomic E-state index is 11.5. The van der Waals surface area contributed by atoms with Gasteiger partial charge in [-0.1, -0.05) is 6.08 Å². The Hall–Kier alpha value is -0.870. The number of hydrogen-bond donors (Lipinski definition) is 1. The summed E-state index contributed by atoms with van der Waals surface area (Å²) in [6, 6.07) is 0.420. The summed E-state index contributed by atoms with van der Waals surface area (Å²) in [5.41, 5.74) is 5.61. The van der Waals surface area contributed by atoms with Gasteiger partial charge in [-0.3, -0.25) is 9.69 Å². The summed E-state index contributed by atoms with van der Waals surface area (Å²) >= 11 is 0. The molecule has 1 saturated heterocycles. The Morgan fingerprint density at radius 2 is 2.00 bits per heavy atom. The van der Waals surface area contributed by atoms with Gasteiger partial charge in [0.25, 0.3) is 0 Å². The van der Waals surface area contributed by atoms with Gasteiger partial charge in [-0.05, 0) is 19.9 Å². The number of nitrogens with zero attached hydrogens (tertiary/aromatic N) is 2. The lowest BCUT2D eigenvalue weighted by Gasteiger charge is -2.37. The molecule has 2 N–H and O–H groups in total. The number of carbonyl (C=O) groups excluding carboxylic acids is 1. The Balaban J connectivity index is 2.38. The Bertz CT molecular complexity index is 232. The fourth-order valence-corrected chi connectivity index (χ4v) is 1.78. The molecule has 1 rings (SSSR count). The van der Waals surface area contributed by atoms with Gasteiger partial charge in [0, 0.05) is 38.8 Å². The molecular weight excluding hydrogens is 190 g/mol. The first kappa shape index (κ1) is 12.2. The first-order chi connectivity index (χ1) is 7.19. The van der Waals surface area contributed by atoms with Gasteiger partial charge in [0.15, 0.2) is 0 Å². The lowest BCUT2D eigenvalue weighted by Crippen LogP contribution is -2.52. The molecule has 0 radical (unpaired) electrons. The van der Waals surface area contributed by atoms with E-state index in [-0.39, 0.29) is 5.91 Å². The standard InChI is InChI=1S/C11H21N3O/c1-3-4-11(15)14-7-5-13(6-8-14)10(2)9-12/h3-4,10H,5-9,12H2,1-2H3/b4-3+. The molecule has 1 unspecified atom stereocenters. The minimum absolute atomic E-state index is 0.123. The van der Waals surface area contributed by atoms with Crippen molar-refractivity contribution in [2.45, 2.75) is 19.9 Å². The maximum absolute atomic E-state index is 11.5. The van der Waals surface area contributed by atoms with Crippen LogP contribution in [0.15, 0.2) is 12.2 Å². The van der Waals surface area contributed by atoms with E-state index in [9.17, 15) is 4.79 Å². The van der Waals surface area contributed by atoms with E-state index in [2.05, 4.69) is 11.8 Å². The van der Waals surface area contributed by atoms with Gasteiger partial charge in [0.1, 0.15) is 0 Å². The Labute approximate surface area is 91.7 Å². The summed E-state index contributed by atoms with van der Waals surface area (Å²) in [5, 5.41) is 0. The normalized spacial score (nSPS) is 20.9. The lowest BCUT2D eigenvalue weighted by molar-refractivity contribution is -0.128. The van der Waals surface area contributed by atoms with Crippen LogP contribution >= 0.6 is 0 Å². The van der Waals surface area contributed by atoms with Crippen LogP contribution in [0.4, 0.5) is 0 Å². The first-order valence-corrected chi connectivity index (χ1v) is 5.54. The maximum Gasteiger partial charge on any atom is 0.246 e. The molecule has 0 aromatic carbocycles. The third-order valence-electron chi connectivity index (χ3n) is 2.90. The molecule has 0 aromatic heterocycles. The summed E-state index contributed by atoms with van der Waals surface area (Å²) in [6.07, 6.45) is 3.42. The van der Waals surface area contributed by atoms with Gasteiger partial charge in [-0.15, -0.1) is 0 Å². The lowest BCUT2D eigenvalue weighted by atomic mass is 10.2. The average molecular weight is 211 g/mol. The minimum atomic E-state index is 0.123. The van der Waals surface area contributed by atoms with Crippen molar-refractivity contribution >= 4 is 5.91 Å². The van der Waals surface area contributed by atoms with Gasteiger partial charge in [-0.25, -0.2) is 0 Å². The van der Waals surface area contributed by atoms with E-state index in [4.69, 9.17) is 5.73 Å². The van der Waals surface area contributed by atoms with Crippen LogP contribution in [0.3, 0.4) is 0 Å². The molecule has 4 heteroatoms. The van der Waals surface area contributed by atoms with Crippen molar-refractivity contribution in [1.29, 1.82) is 0 Å². The molecule has 0 spiro atoms. The van der Waals surface area contributed by atoms with Gasteiger partial charge < -0.3 is 10.6 Å². The van der Waals surface area contributed by atoms with Gasteiger partial charge in [-0.2, -0.15) is 0 Å². The molecule has 1 aliphatic heterocycles. The zero-order valence-electron chi connectivity index (χ0n) is 9.65. The Kier molecular flexibility index (Phi) is 4.78. The fraction of sp³-hybridized carbons (Fsp3) is 0.727. The van der Waals surface area contributed by atoms with Crippen molar-refractivity contribution in [2.75, 3.05) is 32.7 Å². The highest BCUT2D eigenvalue weighted by molar-refractivity contribution is 5.87. The van der Waals surface area contributed by atoms with E-state index >= 15 is 0 Å². The molecule has 0 bridgehead atoms. The molecular formula is C11H21N3O. The number of carbonyl (C=O) groups is 1. The average Bonchev–Trinajstić information content (AvgIpc) is 2.28. The molecule has 4 nitrogen and oxygen atoms in total.